The topological polar surface area (TPSA) is 57.5 Å². The fraction of sp³-hybridized carbons (Fsp3) is 0.125. The van der Waals surface area contributed by atoms with Crippen LogP contribution in [0.15, 0.2) is 18.2 Å². The third kappa shape index (κ3) is 1.71. The predicted octanol–water partition coefficient (Wildman–Crippen LogP) is 1.52. The Kier molecular flexibility index (Phi) is 2.60. The minimum absolute atomic E-state index is 0.0436. The lowest BCUT2D eigenvalue weighted by Crippen LogP contribution is -2.00. The van der Waals surface area contributed by atoms with Crippen LogP contribution in [0.2, 0.25) is 0 Å². The van der Waals surface area contributed by atoms with Gasteiger partial charge in [-0.05, 0) is 17.7 Å². The quantitative estimate of drug-likeness (QED) is 0.611. The first-order valence-corrected chi connectivity index (χ1v) is 3.94. The summed E-state index contributed by atoms with van der Waals surface area (Å²) in [6, 6.07) is 4.21. The summed E-state index contributed by atoms with van der Waals surface area (Å²) >= 11 is 3.96. The van der Waals surface area contributed by atoms with Crippen LogP contribution >= 0.6 is 12.6 Å². The van der Waals surface area contributed by atoms with E-state index in [4.69, 9.17) is 10.2 Å². The standard InChI is InChI=1S/C8H8O3S/c9-6-2-1-5(4-12)7(3-6)8(10)11/h1-3,9,12H,4H2,(H,10,11). The van der Waals surface area contributed by atoms with E-state index < -0.39 is 5.97 Å². The SMILES string of the molecule is O=C(O)c1cc(O)ccc1CS. The van der Waals surface area contributed by atoms with Crippen molar-refractivity contribution in [2.75, 3.05) is 0 Å². The Hall–Kier alpha value is -1.16. The Balaban J connectivity index is 3.21. The zero-order chi connectivity index (χ0) is 9.14. The lowest BCUT2D eigenvalue weighted by molar-refractivity contribution is 0.0695. The molecule has 0 fully saturated rings. The van der Waals surface area contributed by atoms with E-state index in [1.54, 1.807) is 6.07 Å². The number of carboxylic acid groups (broad SMARTS) is 1. The molecule has 0 radical (unpaired) electrons. The summed E-state index contributed by atoms with van der Waals surface area (Å²) in [6.07, 6.45) is 0. The molecule has 0 saturated carbocycles. The molecule has 0 saturated heterocycles. The van der Waals surface area contributed by atoms with E-state index in [2.05, 4.69) is 12.6 Å². The van der Waals surface area contributed by atoms with Gasteiger partial charge in [0.15, 0.2) is 0 Å². The summed E-state index contributed by atoms with van der Waals surface area (Å²) in [4.78, 5) is 10.6. The van der Waals surface area contributed by atoms with Crippen LogP contribution in [0.4, 0.5) is 0 Å². The maximum absolute atomic E-state index is 10.6. The second-order valence-corrected chi connectivity index (χ2v) is 2.62. The van der Waals surface area contributed by atoms with Crippen molar-refractivity contribution in [3.63, 3.8) is 0 Å². The van der Waals surface area contributed by atoms with Crippen molar-refractivity contribution in [1.82, 2.24) is 0 Å². The van der Waals surface area contributed by atoms with E-state index in [1.165, 1.54) is 12.1 Å². The minimum atomic E-state index is -1.05. The summed E-state index contributed by atoms with van der Waals surface area (Å²) in [7, 11) is 0. The lowest BCUT2D eigenvalue weighted by atomic mass is 10.1. The normalized spacial score (nSPS) is 9.75. The first-order valence-electron chi connectivity index (χ1n) is 3.31. The molecule has 2 N–H and O–H groups in total. The summed E-state index contributed by atoms with van der Waals surface area (Å²) in [5, 5.41) is 17.7. The molecule has 0 aliphatic carbocycles. The van der Waals surface area contributed by atoms with Crippen LogP contribution < -0.4 is 0 Å². The molecule has 4 heteroatoms. The minimum Gasteiger partial charge on any atom is -0.508 e. The fourth-order valence-corrected chi connectivity index (χ4v) is 1.18. The van der Waals surface area contributed by atoms with Crippen LogP contribution in [-0.4, -0.2) is 16.2 Å². The molecule has 0 unspecified atom stereocenters. The second kappa shape index (κ2) is 3.49. The van der Waals surface area contributed by atoms with Crippen molar-refractivity contribution in [3.8, 4) is 5.75 Å². The average molecular weight is 184 g/mol. The van der Waals surface area contributed by atoms with Crippen LogP contribution in [0.1, 0.15) is 15.9 Å². The second-order valence-electron chi connectivity index (χ2n) is 2.30. The summed E-state index contributed by atoms with van der Waals surface area (Å²) in [5.41, 5.74) is 0.702. The smallest absolute Gasteiger partial charge is 0.336 e. The number of phenols is 1. The summed E-state index contributed by atoms with van der Waals surface area (Å²) in [6.45, 7) is 0. The molecular formula is C8H8O3S. The molecule has 0 amide bonds. The van der Waals surface area contributed by atoms with Crippen LogP contribution in [0.5, 0.6) is 5.75 Å². The van der Waals surface area contributed by atoms with Gasteiger partial charge in [-0.3, -0.25) is 0 Å². The molecule has 1 aromatic rings. The van der Waals surface area contributed by atoms with Gasteiger partial charge in [0.25, 0.3) is 0 Å². The number of rotatable bonds is 2. The van der Waals surface area contributed by atoms with Gasteiger partial charge in [-0.15, -0.1) is 0 Å². The van der Waals surface area contributed by atoms with Crippen LogP contribution in [0, 0.1) is 0 Å². The van der Waals surface area contributed by atoms with Crippen molar-refractivity contribution in [2.24, 2.45) is 0 Å². The van der Waals surface area contributed by atoms with Gasteiger partial charge < -0.3 is 10.2 Å². The summed E-state index contributed by atoms with van der Waals surface area (Å²) < 4.78 is 0. The number of phenolic OH excluding ortho intramolecular Hbond substituents is 1. The maximum atomic E-state index is 10.6. The number of carbonyl (C=O) groups is 1. The van der Waals surface area contributed by atoms with Gasteiger partial charge in [0.05, 0.1) is 5.56 Å². The fourth-order valence-electron chi connectivity index (χ4n) is 0.901. The largest absolute Gasteiger partial charge is 0.508 e. The highest BCUT2D eigenvalue weighted by atomic mass is 32.1. The predicted molar refractivity (Wildman–Crippen MR) is 47.8 cm³/mol. The van der Waals surface area contributed by atoms with Crippen molar-refractivity contribution in [2.45, 2.75) is 5.75 Å². The van der Waals surface area contributed by atoms with Crippen LogP contribution in [0.25, 0.3) is 0 Å². The van der Waals surface area contributed by atoms with Gasteiger partial charge in [0, 0.05) is 5.75 Å². The molecule has 3 nitrogen and oxygen atoms in total. The van der Waals surface area contributed by atoms with E-state index >= 15 is 0 Å². The lowest BCUT2D eigenvalue weighted by Gasteiger charge is -2.02. The Morgan fingerprint density at radius 2 is 2.17 bits per heavy atom. The maximum Gasteiger partial charge on any atom is 0.336 e. The van der Waals surface area contributed by atoms with E-state index in [-0.39, 0.29) is 11.3 Å². The van der Waals surface area contributed by atoms with Crippen molar-refractivity contribution in [1.29, 1.82) is 0 Å². The van der Waals surface area contributed by atoms with E-state index in [9.17, 15) is 4.79 Å². The molecule has 1 aromatic carbocycles. The Morgan fingerprint density at radius 1 is 1.50 bits per heavy atom. The van der Waals surface area contributed by atoms with Crippen molar-refractivity contribution >= 4 is 18.6 Å². The molecule has 0 heterocycles. The molecule has 0 spiro atoms. The first-order chi connectivity index (χ1) is 5.65. The third-order valence-corrected chi connectivity index (χ3v) is 1.83. The van der Waals surface area contributed by atoms with Crippen molar-refractivity contribution < 1.29 is 15.0 Å². The number of benzene rings is 1. The molecule has 12 heavy (non-hydrogen) atoms. The summed E-state index contributed by atoms with van der Waals surface area (Å²) in [5.74, 6) is -0.741. The molecule has 64 valence electrons. The zero-order valence-electron chi connectivity index (χ0n) is 6.19. The van der Waals surface area contributed by atoms with Crippen LogP contribution in [0.3, 0.4) is 0 Å². The number of thiol groups is 1. The van der Waals surface area contributed by atoms with Gasteiger partial charge in [-0.25, -0.2) is 4.79 Å². The van der Waals surface area contributed by atoms with E-state index in [0.717, 1.165) is 0 Å². The third-order valence-electron chi connectivity index (χ3n) is 1.49. The Morgan fingerprint density at radius 3 is 2.67 bits per heavy atom. The molecule has 0 aliphatic rings. The number of hydrogen-bond donors (Lipinski definition) is 3. The number of aromatic carboxylic acids is 1. The van der Waals surface area contributed by atoms with Gasteiger partial charge in [0.2, 0.25) is 0 Å². The number of aromatic hydroxyl groups is 1. The average Bonchev–Trinajstić information content (AvgIpc) is 2.04. The van der Waals surface area contributed by atoms with Gasteiger partial charge >= 0.3 is 5.97 Å². The molecule has 1 rings (SSSR count). The van der Waals surface area contributed by atoms with Gasteiger partial charge in [-0.1, -0.05) is 6.07 Å². The Bertz CT molecular complexity index is 309. The van der Waals surface area contributed by atoms with Crippen molar-refractivity contribution in [3.05, 3.63) is 29.3 Å². The van der Waals surface area contributed by atoms with E-state index in [1.807, 2.05) is 0 Å². The number of hydrogen-bond acceptors (Lipinski definition) is 3. The van der Waals surface area contributed by atoms with Gasteiger partial charge in [-0.2, -0.15) is 12.6 Å². The first kappa shape index (κ1) is 8.93. The Labute approximate surface area is 75.1 Å². The van der Waals surface area contributed by atoms with E-state index in [0.29, 0.717) is 11.3 Å². The van der Waals surface area contributed by atoms with Crippen LogP contribution in [-0.2, 0) is 5.75 Å². The highest BCUT2D eigenvalue weighted by Gasteiger charge is 2.08. The molecule has 0 aliphatic heterocycles. The monoisotopic (exact) mass is 184 g/mol. The zero-order valence-corrected chi connectivity index (χ0v) is 7.08. The molecule has 0 bridgehead atoms. The molecular weight excluding hydrogens is 176 g/mol. The highest BCUT2D eigenvalue weighted by Crippen LogP contribution is 2.17. The molecule has 0 aromatic heterocycles. The molecule has 0 atom stereocenters. The highest BCUT2D eigenvalue weighted by molar-refractivity contribution is 7.79. The number of carboxylic acids is 1. The van der Waals surface area contributed by atoms with Gasteiger partial charge in [0.1, 0.15) is 5.75 Å².